The van der Waals surface area contributed by atoms with E-state index in [9.17, 15) is 4.79 Å². The van der Waals surface area contributed by atoms with Gasteiger partial charge in [-0.2, -0.15) is 0 Å². The molecule has 8 heteroatoms. The Morgan fingerprint density at radius 3 is 2.86 bits per heavy atom. The fraction of sp³-hybridized carbons (Fsp3) is 0.429. The Morgan fingerprint density at radius 2 is 2.03 bits per heavy atom. The quantitative estimate of drug-likeness (QED) is 0.718. The van der Waals surface area contributed by atoms with Crippen molar-refractivity contribution in [2.24, 2.45) is 5.92 Å². The van der Waals surface area contributed by atoms with Crippen molar-refractivity contribution in [3.05, 3.63) is 41.2 Å². The summed E-state index contributed by atoms with van der Waals surface area (Å²) in [5, 5.41) is 2.90. The number of hydrogen-bond donors (Lipinski definition) is 1. The highest BCUT2D eigenvalue weighted by atomic mass is 32.1. The zero-order valence-corrected chi connectivity index (χ0v) is 17.4. The first-order valence-electron chi connectivity index (χ1n) is 10.1. The smallest absolute Gasteiger partial charge is 0.227 e. The standard InChI is InChI=1S/C21H24N6OS/c1-13-9-16-18(24-20(13)28)11-22-21(25-16)27-7-5-26(6-8-27)14(2)15-3-4-19-17(10-15)23-12-29-19/h3-4,10-14H,5-9H2,1-2H3,(H,24,28). The average molecular weight is 409 g/mol. The van der Waals surface area contributed by atoms with Crippen LogP contribution in [0.25, 0.3) is 10.2 Å². The van der Waals surface area contributed by atoms with Crippen LogP contribution in [0.1, 0.15) is 31.1 Å². The van der Waals surface area contributed by atoms with Crippen molar-refractivity contribution >= 4 is 39.1 Å². The molecule has 0 spiro atoms. The third kappa shape index (κ3) is 3.47. The van der Waals surface area contributed by atoms with Crippen LogP contribution in [0.5, 0.6) is 0 Å². The number of rotatable bonds is 3. The summed E-state index contributed by atoms with van der Waals surface area (Å²) in [6, 6.07) is 6.96. The van der Waals surface area contributed by atoms with E-state index in [1.165, 1.54) is 10.3 Å². The normalized spacial score (nSPS) is 21.1. The minimum Gasteiger partial charge on any atom is -0.338 e. The molecule has 5 rings (SSSR count). The predicted molar refractivity (Wildman–Crippen MR) is 115 cm³/mol. The van der Waals surface area contributed by atoms with E-state index in [1.807, 2.05) is 12.4 Å². The first-order valence-corrected chi connectivity index (χ1v) is 11.0. The molecule has 0 radical (unpaired) electrons. The largest absolute Gasteiger partial charge is 0.338 e. The lowest BCUT2D eigenvalue weighted by molar-refractivity contribution is -0.119. The lowest BCUT2D eigenvalue weighted by Crippen LogP contribution is -2.47. The minimum atomic E-state index is -0.0435. The Morgan fingerprint density at radius 1 is 1.21 bits per heavy atom. The van der Waals surface area contributed by atoms with E-state index in [-0.39, 0.29) is 11.8 Å². The highest BCUT2D eigenvalue weighted by molar-refractivity contribution is 7.16. The molecule has 3 aromatic rings. The van der Waals surface area contributed by atoms with Gasteiger partial charge in [0.15, 0.2) is 0 Å². The molecule has 2 atom stereocenters. The van der Waals surface area contributed by atoms with Crippen LogP contribution in [0.3, 0.4) is 0 Å². The zero-order valence-electron chi connectivity index (χ0n) is 16.6. The minimum absolute atomic E-state index is 0.0435. The van der Waals surface area contributed by atoms with Crippen LogP contribution < -0.4 is 10.2 Å². The van der Waals surface area contributed by atoms with Crippen LogP contribution in [0.4, 0.5) is 11.6 Å². The van der Waals surface area contributed by atoms with E-state index in [0.717, 1.165) is 49.0 Å². The number of carbonyl (C=O) groups is 1. The first-order chi connectivity index (χ1) is 14.1. The Labute approximate surface area is 173 Å². The van der Waals surface area contributed by atoms with Crippen LogP contribution in [-0.4, -0.2) is 51.9 Å². The summed E-state index contributed by atoms with van der Waals surface area (Å²) < 4.78 is 1.24. The maximum atomic E-state index is 11.8. The maximum absolute atomic E-state index is 11.8. The number of aromatic nitrogens is 3. The first kappa shape index (κ1) is 18.4. The second kappa shape index (κ2) is 7.35. The van der Waals surface area contributed by atoms with Crippen LogP contribution in [-0.2, 0) is 11.2 Å². The lowest BCUT2D eigenvalue weighted by atomic mass is 10.00. The second-order valence-electron chi connectivity index (χ2n) is 7.90. The molecule has 1 saturated heterocycles. The van der Waals surface area contributed by atoms with E-state index < -0.39 is 0 Å². The monoisotopic (exact) mass is 408 g/mol. The Hall–Kier alpha value is -2.58. The van der Waals surface area contributed by atoms with Gasteiger partial charge in [-0.05, 0) is 24.6 Å². The molecule has 1 aromatic carbocycles. The topological polar surface area (TPSA) is 74.2 Å². The number of piperazine rings is 1. The van der Waals surface area contributed by atoms with E-state index >= 15 is 0 Å². The summed E-state index contributed by atoms with van der Waals surface area (Å²) in [4.78, 5) is 30.3. The fourth-order valence-electron chi connectivity index (χ4n) is 4.11. The molecule has 1 amide bonds. The van der Waals surface area contributed by atoms with Crippen LogP contribution in [0.15, 0.2) is 29.9 Å². The van der Waals surface area contributed by atoms with Gasteiger partial charge in [-0.3, -0.25) is 9.69 Å². The highest BCUT2D eigenvalue weighted by Gasteiger charge is 2.27. The van der Waals surface area contributed by atoms with Gasteiger partial charge in [-0.1, -0.05) is 13.0 Å². The molecule has 2 aliphatic heterocycles. The Kier molecular flexibility index (Phi) is 4.67. The molecule has 7 nitrogen and oxygen atoms in total. The van der Waals surface area contributed by atoms with Crippen LogP contribution >= 0.6 is 11.3 Å². The summed E-state index contributed by atoms with van der Waals surface area (Å²) in [5.41, 5.74) is 5.99. The number of nitrogens with zero attached hydrogens (tertiary/aromatic N) is 5. The van der Waals surface area contributed by atoms with E-state index in [1.54, 1.807) is 17.5 Å². The molecule has 2 aromatic heterocycles. The summed E-state index contributed by atoms with van der Waals surface area (Å²) >= 11 is 1.68. The van der Waals surface area contributed by atoms with E-state index in [0.29, 0.717) is 12.5 Å². The van der Waals surface area contributed by atoms with Crippen LogP contribution in [0, 0.1) is 5.92 Å². The van der Waals surface area contributed by atoms with Gasteiger partial charge in [0, 0.05) is 44.6 Å². The molecule has 29 heavy (non-hydrogen) atoms. The lowest BCUT2D eigenvalue weighted by Gasteiger charge is -2.38. The Balaban J connectivity index is 1.26. The molecule has 0 saturated carbocycles. The van der Waals surface area contributed by atoms with Gasteiger partial charge in [0.25, 0.3) is 0 Å². The van der Waals surface area contributed by atoms with E-state index in [2.05, 4.69) is 50.2 Å². The highest BCUT2D eigenvalue weighted by Crippen LogP contribution is 2.28. The van der Waals surface area contributed by atoms with Crippen LogP contribution in [0.2, 0.25) is 0 Å². The van der Waals surface area contributed by atoms with Gasteiger partial charge in [0.05, 0.1) is 33.3 Å². The summed E-state index contributed by atoms with van der Waals surface area (Å²) in [7, 11) is 0. The molecule has 150 valence electrons. The molecule has 1 N–H and O–H groups in total. The van der Waals surface area contributed by atoms with Crippen molar-refractivity contribution in [1.82, 2.24) is 19.9 Å². The van der Waals surface area contributed by atoms with Gasteiger partial charge in [0.1, 0.15) is 0 Å². The summed E-state index contributed by atoms with van der Waals surface area (Å²) in [6.07, 6.45) is 2.42. The van der Waals surface area contributed by atoms with Gasteiger partial charge in [-0.25, -0.2) is 15.0 Å². The van der Waals surface area contributed by atoms with Crippen molar-refractivity contribution < 1.29 is 4.79 Å². The van der Waals surface area contributed by atoms with Crippen molar-refractivity contribution in [3.63, 3.8) is 0 Å². The van der Waals surface area contributed by atoms with Gasteiger partial charge in [0.2, 0.25) is 11.9 Å². The molecular weight excluding hydrogens is 384 g/mol. The van der Waals surface area contributed by atoms with Gasteiger partial charge >= 0.3 is 0 Å². The van der Waals surface area contributed by atoms with Crippen molar-refractivity contribution in [1.29, 1.82) is 0 Å². The third-order valence-electron chi connectivity index (χ3n) is 6.04. The second-order valence-corrected chi connectivity index (χ2v) is 8.79. The molecule has 1 fully saturated rings. The molecule has 2 aliphatic rings. The SMILES string of the molecule is CC1Cc2nc(N3CCN(C(C)c4ccc5scnc5c4)CC3)ncc2NC1=O. The van der Waals surface area contributed by atoms with Crippen molar-refractivity contribution in [3.8, 4) is 0 Å². The maximum Gasteiger partial charge on any atom is 0.227 e. The number of benzene rings is 1. The van der Waals surface area contributed by atoms with Gasteiger partial charge in [-0.15, -0.1) is 11.3 Å². The molecular formula is C21H24N6OS. The predicted octanol–water partition coefficient (Wildman–Crippen LogP) is 3.10. The number of anilines is 2. The van der Waals surface area contributed by atoms with Crippen molar-refractivity contribution in [2.75, 3.05) is 36.4 Å². The number of thiazole rings is 1. The zero-order chi connectivity index (χ0) is 20.0. The summed E-state index contributed by atoms with van der Waals surface area (Å²) in [6.45, 7) is 7.91. The molecule has 0 aliphatic carbocycles. The number of fused-ring (bicyclic) bond motifs is 2. The number of nitrogens with one attached hydrogen (secondary N) is 1. The average Bonchev–Trinajstić information content (AvgIpc) is 3.22. The van der Waals surface area contributed by atoms with Crippen molar-refractivity contribution in [2.45, 2.75) is 26.3 Å². The Bertz CT molecular complexity index is 1060. The third-order valence-corrected chi connectivity index (χ3v) is 6.85. The number of hydrogen-bond acceptors (Lipinski definition) is 7. The van der Waals surface area contributed by atoms with E-state index in [4.69, 9.17) is 4.98 Å². The molecule has 0 bridgehead atoms. The number of amides is 1. The molecule has 2 unspecified atom stereocenters. The summed E-state index contributed by atoms with van der Waals surface area (Å²) in [5.74, 6) is 0.772. The molecule has 4 heterocycles. The van der Waals surface area contributed by atoms with Gasteiger partial charge < -0.3 is 10.2 Å². The fourth-order valence-corrected chi connectivity index (χ4v) is 4.77. The number of carbonyl (C=O) groups excluding carboxylic acids is 1.